The summed E-state index contributed by atoms with van der Waals surface area (Å²) in [5.74, 6) is 1.47. The first-order valence-electron chi connectivity index (χ1n) is 9.30. The van der Waals surface area contributed by atoms with Crippen LogP contribution in [0.3, 0.4) is 0 Å². The first kappa shape index (κ1) is 19.2. The zero-order valence-electron chi connectivity index (χ0n) is 15.6. The highest BCUT2D eigenvalue weighted by Gasteiger charge is 2.26. The molecule has 7 heteroatoms. The van der Waals surface area contributed by atoms with Crippen molar-refractivity contribution in [3.8, 4) is 11.5 Å². The largest absolute Gasteiger partial charge is 0.497 e. The van der Waals surface area contributed by atoms with Gasteiger partial charge in [0.05, 0.1) is 14.2 Å². The predicted octanol–water partition coefficient (Wildman–Crippen LogP) is 2.63. The third-order valence-corrected chi connectivity index (χ3v) is 5.40. The van der Waals surface area contributed by atoms with E-state index in [-0.39, 0.29) is 0 Å². The third kappa shape index (κ3) is 5.22. The summed E-state index contributed by atoms with van der Waals surface area (Å²) in [6.07, 6.45) is 4.55. The Morgan fingerprint density at radius 1 is 1.04 bits per heavy atom. The van der Waals surface area contributed by atoms with Crippen LogP contribution in [0.25, 0.3) is 0 Å². The molecule has 0 saturated carbocycles. The monoisotopic (exact) mass is 379 g/mol. The SMILES string of the molecule is COc1cc(NC(=S)NC2CCN(C3CCOCC3)CC2)cc(OC)c1. The molecule has 2 N–H and O–H groups in total. The van der Waals surface area contributed by atoms with Crippen LogP contribution >= 0.6 is 12.2 Å². The average molecular weight is 380 g/mol. The molecule has 0 atom stereocenters. The Bertz CT molecular complexity index is 577. The topological polar surface area (TPSA) is 55.0 Å². The second-order valence-corrected chi connectivity index (χ2v) is 7.26. The second-order valence-electron chi connectivity index (χ2n) is 6.85. The number of thiocarbonyl (C=S) groups is 1. The van der Waals surface area contributed by atoms with Crippen LogP contribution in [-0.2, 0) is 4.74 Å². The van der Waals surface area contributed by atoms with E-state index in [1.165, 1.54) is 0 Å². The van der Waals surface area contributed by atoms with Gasteiger partial charge in [-0.1, -0.05) is 0 Å². The highest BCUT2D eigenvalue weighted by molar-refractivity contribution is 7.80. The normalized spacial score (nSPS) is 19.8. The van der Waals surface area contributed by atoms with Gasteiger partial charge in [-0.2, -0.15) is 0 Å². The van der Waals surface area contributed by atoms with Gasteiger partial charge in [-0.05, 0) is 37.9 Å². The fraction of sp³-hybridized carbons (Fsp3) is 0.632. The number of ether oxygens (including phenoxy) is 3. The summed E-state index contributed by atoms with van der Waals surface area (Å²) in [5, 5.41) is 7.34. The molecule has 2 saturated heterocycles. The molecule has 0 radical (unpaired) electrons. The van der Waals surface area contributed by atoms with Gasteiger partial charge in [-0.15, -0.1) is 0 Å². The first-order valence-corrected chi connectivity index (χ1v) is 9.71. The average Bonchev–Trinajstić information content (AvgIpc) is 2.68. The summed E-state index contributed by atoms with van der Waals surface area (Å²) in [6.45, 7) is 4.05. The molecule has 1 aromatic carbocycles. The molecule has 3 rings (SSSR count). The number of methoxy groups -OCH3 is 2. The maximum absolute atomic E-state index is 5.50. The molecular weight excluding hydrogens is 350 g/mol. The number of likely N-dealkylation sites (tertiary alicyclic amines) is 1. The molecule has 0 amide bonds. The van der Waals surface area contributed by atoms with Crippen LogP contribution in [-0.4, -0.2) is 62.6 Å². The van der Waals surface area contributed by atoms with E-state index in [4.69, 9.17) is 26.4 Å². The number of nitrogens with zero attached hydrogens (tertiary/aromatic N) is 1. The van der Waals surface area contributed by atoms with Crippen LogP contribution in [0.4, 0.5) is 5.69 Å². The molecule has 0 aliphatic carbocycles. The van der Waals surface area contributed by atoms with E-state index < -0.39 is 0 Å². The minimum atomic E-state index is 0.415. The number of benzene rings is 1. The van der Waals surface area contributed by atoms with Gasteiger partial charge < -0.3 is 29.7 Å². The van der Waals surface area contributed by atoms with E-state index in [0.717, 1.165) is 69.2 Å². The molecule has 2 heterocycles. The molecule has 2 aliphatic rings. The molecule has 144 valence electrons. The number of hydrogen-bond acceptors (Lipinski definition) is 5. The maximum Gasteiger partial charge on any atom is 0.171 e. The molecule has 6 nitrogen and oxygen atoms in total. The van der Waals surface area contributed by atoms with E-state index in [1.54, 1.807) is 14.2 Å². The number of rotatable bonds is 5. The number of nitrogens with one attached hydrogen (secondary N) is 2. The van der Waals surface area contributed by atoms with Crippen LogP contribution in [0.1, 0.15) is 25.7 Å². The summed E-state index contributed by atoms with van der Waals surface area (Å²) in [5.41, 5.74) is 0.860. The van der Waals surface area contributed by atoms with Crippen molar-refractivity contribution in [3.05, 3.63) is 18.2 Å². The lowest BCUT2D eigenvalue weighted by atomic mass is 10.00. The van der Waals surface area contributed by atoms with Gasteiger partial charge in [0.25, 0.3) is 0 Å². The van der Waals surface area contributed by atoms with Gasteiger partial charge in [0.15, 0.2) is 5.11 Å². The lowest BCUT2D eigenvalue weighted by molar-refractivity contribution is 0.0247. The highest BCUT2D eigenvalue weighted by atomic mass is 32.1. The van der Waals surface area contributed by atoms with Gasteiger partial charge in [-0.25, -0.2) is 0 Å². The van der Waals surface area contributed by atoms with Crippen LogP contribution in [0, 0.1) is 0 Å². The van der Waals surface area contributed by atoms with E-state index in [0.29, 0.717) is 17.2 Å². The van der Waals surface area contributed by atoms with Crippen molar-refractivity contribution in [3.63, 3.8) is 0 Å². The standard InChI is InChI=1S/C19H29N3O3S/c1-23-17-11-15(12-18(13-17)24-2)21-19(26)20-14-3-7-22(8-4-14)16-5-9-25-10-6-16/h11-14,16H,3-10H2,1-2H3,(H2,20,21,26). The molecule has 26 heavy (non-hydrogen) atoms. The molecule has 0 unspecified atom stereocenters. The lowest BCUT2D eigenvalue weighted by Crippen LogP contribution is -2.49. The molecule has 1 aromatic rings. The molecular formula is C19H29N3O3S. The zero-order chi connectivity index (χ0) is 18.4. The van der Waals surface area contributed by atoms with Gasteiger partial charge in [0, 0.05) is 62.3 Å². The van der Waals surface area contributed by atoms with Crippen molar-refractivity contribution >= 4 is 23.0 Å². The van der Waals surface area contributed by atoms with Gasteiger partial charge in [0.2, 0.25) is 0 Å². The van der Waals surface area contributed by atoms with Crippen molar-refractivity contribution in [2.24, 2.45) is 0 Å². The van der Waals surface area contributed by atoms with Crippen molar-refractivity contribution < 1.29 is 14.2 Å². The van der Waals surface area contributed by atoms with E-state index in [1.807, 2.05) is 18.2 Å². The summed E-state index contributed by atoms with van der Waals surface area (Å²) in [7, 11) is 3.28. The number of piperidine rings is 1. The molecule has 2 fully saturated rings. The Kier molecular flexibility index (Phi) is 6.93. The summed E-state index contributed by atoms with van der Waals surface area (Å²) in [6, 6.07) is 6.76. The van der Waals surface area contributed by atoms with E-state index >= 15 is 0 Å². The maximum atomic E-state index is 5.50. The van der Waals surface area contributed by atoms with Crippen LogP contribution in [0.2, 0.25) is 0 Å². The Morgan fingerprint density at radius 3 is 2.23 bits per heavy atom. The quantitative estimate of drug-likeness (QED) is 0.763. The fourth-order valence-corrected chi connectivity index (χ4v) is 3.98. The Labute approximate surface area is 161 Å². The number of anilines is 1. The summed E-state index contributed by atoms with van der Waals surface area (Å²) < 4.78 is 16.1. The molecule has 0 spiro atoms. The van der Waals surface area contributed by atoms with Crippen LogP contribution in [0.5, 0.6) is 11.5 Å². The predicted molar refractivity (Wildman–Crippen MR) is 107 cm³/mol. The summed E-state index contributed by atoms with van der Waals surface area (Å²) in [4.78, 5) is 2.62. The van der Waals surface area contributed by atoms with Crippen LogP contribution in [0.15, 0.2) is 18.2 Å². The van der Waals surface area contributed by atoms with Crippen molar-refractivity contribution in [1.29, 1.82) is 0 Å². The first-order chi connectivity index (χ1) is 12.7. The fourth-order valence-electron chi connectivity index (χ4n) is 3.69. The lowest BCUT2D eigenvalue weighted by Gasteiger charge is -2.39. The third-order valence-electron chi connectivity index (χ3n) is 5.18. The minimum Gasteiger partial charge on any atom is -0.497 e. The van der Waals surface area contributed by atoms with Crippen molar-refractivity contribution in [1.82, 2.24) is 10.2 Å². The molecule has 0 aromatic heterocycles. The summed E-state index contributed by atoms with van der Waals surface area (Å²) >= 11 is 5.50. The zero-order valence-corrected chi connectivity index (χ0v) is 16.4. The second kappa shape index (κ2) is 9.39. The molecule has 0 bridgehead atoms. The Balaban J connectivity index is 1.47. The van der Waals surface area contributed by atoms with E-state index in [2.05, 4.69) is 15.5 Å². The molecule has 2 aliphatic heterocycles. The van der Waals surface area contributed by atoms with Gasteiger partial charge in [-0.3, -0.25) is 0 Å². The van der Waals surface area contributed by atoms with Crippen molar-refractivity contribution in [2.75, 3.05) is 45.8 Å². The Morgan fingerprint density at radius 2 is 1.65 bits per heavy atom. The highest BCUT2D eigenvalue weighted by Crippen LogP contribution is 2.26. The van der Waals surface area contributed by atoms with Crippen LogP contribution < -0.4 is 20.1 Å². The van der Waals surface area contributed by atoms with Gasteiger partial charge >= 0.3 is 0 Å². The van der Waals surface area contributed by atoms with Crippen molar-refractivity contribution in [2.45, 2.75) is 37.8 Å². The van der Waals surface area contributed by atoms with Gasteiger partial charge in [0.1, 0.15) is 11.5 Å². The number of hydrogen-bond donors (Lipinski definition) is 2. The Hall–Kier alpha value is -1.57. The minimum absolute atomic E-state index is 0.415. The van der Waals surface area contributed by atoms with E-state index in [9.17, 15) is 0 Å². The smallest absolute Gasteiger partial charge is 0.171 e.